The third kappa shape index (κ3) is 4.84. The molecule has 2 fully saturated rings. The van der Waals surface area contributed by atoms with Crippen molar-refractivity contribution in [3.63, 3.8) is 0 Å². The van der Waals surface area contributed by atoms with Crippen molar-refractivity contribution in [3.8, 4) is 0 Å². The maximum absolute atomic E-state index is 8.90. The second-order valence-corrected chi connectivity index (χ2v) is 5.66. The van der Waals surface area contributed by atoms with Gasteiger partial charge in [-0.1, -0.05) is 0 Å². The highest BCUT2D eigenvalue weighted by Gasteiger charge is 2.19. The first kappa shape index (κ1) is 14.3. The van der Waals surface area contributed by atoms with Crippen LogP contribution in [0, 0.1) is 5.92 Å². The molecule has 2 heterocycles. The third-order valence-electron chi connectivity index (χ3n) is 4.20. The Morgan fingerprint density at radius 2 is 1.94 bits per heavy atom. The number of likely N-dealkylation sites (tertiary alicyclic amines) is 1. The van der Waals surface area contributed by atoms with Crippen LogP contribution in [0.2, 0.25) is 0 Å². The van der Waals surface area contributed by atoms with Gasteiger partial charge in [0.25, 0.3) is 0 Å². The number of ether oxygens (including phenoxy) is 1. The molecule has 2 aliphatic rings. The van der Waals surface area contributed by atoms with Crippen LogP contribution in [-0.2, 0) is 4.74 Å². The van der Waals surface area contributed by atoms with Crippen molar-refractivity contribution in [1.82, 2.24) is 10.2 Å². The van der Waals surface area contributed by atoms with E-state index in [0.29, 0.717) is 12.7 Å². The Hall–Kier alpha value is -0.160. The maximum Gasteiger partial charge on any atom is 0.0699 e. The lowest BCUT2D eigenvalue weighted by Crippen LogP contribution is -2.40. The summed E-state index contributed by atoms with van der Waals surface area (Å²) in [7, 11) is 0. The number of aliphatic hydroxyl groups is 1. The monoisotopic (exact) mass is 256 g/mol. The van der Waals surface area contributed by atoms with E-state index in [2.05, 4.69) is 10.2 Å². The zero-order valence-electron chi connectivity index (χ0n) is 11.4. The Balaban J connectivity index is 1.52. The van der Waals surface area contributed by atoms with Crippen LogP contribution in [0.25, 0.3) is 0 Å². The molecule has 18 heavy (non-hydrogen) atoms. The average molecular weight is 256 g/mol. The number of aliphatic hydroxyl groups excluding tert-OH is 1. The summed E-state index contributed by atoms with van der Waals surface area (Å²) in [6, 6.07) is 0. The molecular weight excluding hydrogens is 228 g/mol. The summed E-state index contributed by atoms with van der Waals surface area (Å²) in [5.41, 5.74) is 0. The fourth-order valence-corrected chi connectivity index (χ4v) is 2.97. The molecule has 0 aromatic carbocycles. The highest BCUT2D eigenvalue weighted by molar-refractivity contribution is 4.75. The van der Waals surface area contributed by atoms with Crippen molar-refractivity contribution in [3.05, 3.63) is 0 Å². The van der Waals surface area contributed by atoms with Gasteiger partial charge in [-0.3, -0.25) is 0 Å². The molecule has 0 aromatic rings. The smallest absolute Gasteiger partial charge is 0.0699 e. The SMILES string of the molecule is OCCN1CCC(CNCC2CCCCO2)CC1. The summed E-state index contributed by atoms with van der Waals surface area (Å²) in [6.45, 7) is 6.53. The van der Waals surface area contributed by atoms with E-state index in [-0.39, 0.29) is 0 Å². The third-order valence-corrected chi connectivity index (χ3v) is 4.20. The normalized spacial score (nSPS) is 27.5. The van der Waals surface area contributed by atoms with Gasteiger partial charge in [-0.05, 0) is 57.7 Å². The van der Waals surface area contributed by atoms with Gasteiger partial charge < -0.3 is 20.1 Å². The van der Waals surface area contributed by atoms with Gasteiger partial charge in [-0.25, -0.2) is 0 Å². The number of nitrogens with zero attached hydrogens (tertiary/aromatic N) is 1. The molecule has 2 rings (SSSR count). The van der Waals surface area contributed by atoms with E-state index >= 15 is 0 Å². The minimum Gasteiger partial charge on any atom is -0.395 e. The van der Waals surface area contributed by atoms with E-state index in [4.69, 9.17) is 9.84 Å². The lowest BCUT2D eigenvalue weighted by atomic mass is 9.96. The first-order valence-corrected chi connectivity index (χ1v) is 7.54. The number of rotatable bonds is 6. The molecular formula is C14H28N2O2. The highest BCUT2D eigenvalue weighted by Crippen LogP contribution is 2.16. The van der Waals surface area contributed by atoms with Crippen molar-refractivity contribution in [1.29, 1.82) is 0 Å². The van der Waals surface area contributed by atoms with Gasteiger partial charge in [-0.2, -0.15) is 0 Å². The van der Waals surface area contributed by atoms with Crippen LogP contribution in [0.3, 0.4) is 0 Å². The second kappa shape index (κ2) is 8.10. The van der Waals surface area contributed by atoms with E-state index in [9.17, 15) is 0 Å². The molecule has 4 heteroatoms. The first-order valence-electron chi connectivity index (χ1n) is 7.54. The van der Waals surface area contributed by atoms with Crippen LogP contribution in [0.4, 0.5) is 0 Å². The largest absolute Gasteiger partial charge is 0.395 e. The maximum atomic E-state index is 8.90. The van der Waals surface area contributed by atoms with Crippen molar-refractivity contribution in [2.45, 2.75) is 38.2 Å². The Labute approximate surface area is 111 Å². The van der Waals surface area contributed by atoms with Crippen molar-refractivity contribution >= 4 is 0 Å². The fraction of sp³-hybridized carbons (Fsp3) is 1.00. The van der Waals surface area contributed by atoms with E-state index in [0.717, 1.165) is 45.2 Å². The minimum absolute atomic E-state index is 0.294. The van der Waals surface area contributed by atoms with Gasteiger partial charge in [-0.15, -0.1) is 0 Å². The Morgan fingerprint density at radius 3 is 2.61 bits per heavy atom. The number of nitrogens with one attached hydrogen (secondary N) is 1. The van der Waals surface area contributed by atoms with Gasteiger partial charge in [0.1, 0.15) is 0 Å². The molecule has 0 radical (unpaired) electrons. The fourth-order valence-electron chi connectivity index (χ4n) is 2.97. The predicted molar refractivity (Wildman–Crippen MR) is 72.7 cm³/mol. The quantitative estimate of drug-likeness (QED) is 0.739. The molecule has 0 aromatic heterocycles. The Kier molecular flexibility index (Phi) is 6.41. The average Bonchev–Trinajstić information content (AvgIpc) is 2.42. The Morgan fingerprint density at radius 1 is 1.11 bits per heavy atom. The summed E-state index contributed by atoms with van der Waals surface area (Å²) >= 11 is 0. The molecule has 2 aliphatic heterocycles. The topological polar surface area (TPSA) is 44.7 Å². The number of β-amino-alcohol motifs (C(OH)–C–C–N with tert-alkyl or cyclic N) is 1. The van der Waals surface area contributed by atoms with Crippen molar-refractivity contribution < 1.29 is 9.84 Å². The van der Waals surface area contributed by atoms with E-state index in [1.807, 2.05) is 0 Å². The van der Waals surface area contributed by atoms with Gasteiger partial charge >= 0.3 is 0 Å². The van der Waals surface area contributed by atoms with Crippen molar-refractivity contribution in [2.24, 2.45) is 5.92 Å². The van der Waals surface area contributed by atoms with Crippen LogP contribution in [-0.4, -0.2) is 62.0 Å². The standard InChI is InChI=1S/C14H28N2O2/c17-9-8-16-6-4-13(5-7-16)11-15-12-14-3-1-2-10-18-14/h13-15,17H,1-12H2. The van der Waals surface area contributed by atoms with Gasteiger partial charge in [0.05, 0.1) is 12.7 Å². The summed E-state index contributed by atoms with van der Waals surface area (Å²) in [5, 5.41) is 12.5. The molecule has 2 N–H and O–H groups in total. The first-order chi connectivity index (χ1) is 8.88. The summed E-state index contributed by atoms with van der Waals surface area (Å²) in [6.07, 6.45) is 6.76. The zero-order valence-corrected chi connectivity index (χ0v) is 11.4. The van der Waals surface area contributed by atoms with Crippen LogP contribution in [0.1, 0.15) is 32.1 Å². The van der Waals surface area contributed by atoms with Gasteiger partial charge in [0.2, 0.25) is 0 Å². The van der Waals surface area contributed by atoms with E-state index in [1.165, 1.54) is 32.1 Å². The lowest BCUT2D eigenvalue weighted by Gasteiger charge is -2.32. The van der Waals surface area contributed by atoms with Crippen LogP contribution in [0.5, 0.6) is 0 Å². The predicted octanol–water partition coefficient (Wildman–Crippen LogP) is 0.849. The molecule has 1 unspecified atom stereocenters. The summed E-state index contributed by atoms with van der Waals surface area (Å²) in [5.74, 6) is 0.809. The zero-order chi connectivity index (χ0) is 12.6. The molecule has 2 saturated heterocycles. The molecule has 0 aliphatic carbocycles. The number of hydrogen-bond acceptors (Lipinski definition) is 4. The molecule has 4 nitrogen and oxygen atoms in total. The second-order valence-electron chi connectivity index (χ2n) is 5.66. The Bertz CT molecular complexity index is 212. The highest BCUT2D eigenvalue weighted by atomic mass is 16.5. The lowest BCUT2D eigenvalue weighted by molar-refractivity contribution is 0.0160. The molecule has 0 saturated carbocycles. The van der Waals surface area contributed by atoms with Gasteiger partial charge in [0.15, 0.2) is 0 Å². The number of hydrogen-bond donors (Lipinski definition) is 2. The number of piperidine rings is 1. The molecule has 0 bridgehead atoms. The van der Waals surface area contributed by atoms with Crippen LogP contribution < -0.4 is 5.32 Å². The van der Waals surface area contributed by atoms with E-state index < -0.39 is 0 Å². The molecule has 1 atom stereocenters. The van der Waals surface area contributed by atoms with E-state index in [1.54, 1.807) is 0 Å². The summed E-state index contributed by atoms with van der Waals surface area (Å²) < 4.78 is 5.72. The van der Waals surface area contributed by atoms with Gasteiger partial charge in [0, 0.05) is 19.7 Å². The minimum atomic E-state index is 0.294. The summed E-state index contributed by atoms with van der Waals surface area (Å²) in [4.78, 5) is 2.36. The molecule has 106 valence electrons. The molecule has 0 amide bonds. The van der Waals surface area contributed by atoms with Crippen molar-refractivity contribution in [2.75, 3.05) is 45.9 Å². The van der Waals surface area contributed by atoms with Crippen LogP contribution >= 0.6 is 0 Å². The van der Waals surface area contributed by atoms with Crippen LogP contribution in [0.15, 0.2) is 0 Å². The molecule has 0 spiro atoms.